The van der Waals surface area contributed by atoms with Gasteiger partial charge in [-0.2, -0.15) is 0 Å². The predicted molar refractivity (Wildman–Crippen MR) is 83.6 cm³/mol. The van der Waals surface area contributed by atoms with Crippen LogP contribution in [-0.4, -0.2) is 29.0 Å². The van der Waals surface area contributed by atoms with Gasteiger partial charge in [-0.25, -0.2) is 0 Å². The Labute approximate surface area is 133 Å². The quantitative estimate of drug-likeness (QED) is 0.762. The fraction of sp³-hybridized carbons (Fsp3) is 0.333. The highest BCUT2D eigenvalue weighted by atomic mass is 35.5. The zero-order chi connectivity index (χ0) is 15.5. The van der Waals surface area contributed by atoms with Crippen molar-refractivity contribution in [2.24, 2.45) is 0 Å². The summed E-state index contributed by atoms with van der Waals surface area (Å²) in [6.45, 7) is 1.77. The first-order valence-electron chi connectivity index (χ1n) is 6.48. The molecular formula is C15H17Cl2NO3. The molecule has 0 aliphatic carbocycles. The topological polar surface area (TPSA) is 65.6 Å². The summed E-state index contributed by atoms with van der Waals surface area (Å²) >= 11 is 12.1. The van der Waals surface area contributed by atoms with E-state index in [-0.39, 0.29) is 13.2 Å². The summed E-state index contributed by atoms with van der Waals surface area (Å²) in [5, 5.41) is 22.6. The van der Waals surface area contributed by atoms with E-state index in [0.29, 0.717) is 28.1 Å². The number of hydrogen-bond donors (Lipinski definition) is 3. The summed E-state index contributed by atoms with van der Waals surface area (Å²) in [5.41, 5.74) is -0.0248. The Hall–Kier alpha value is -1.04. The van der Waals surface area contributed by atoms with Gasteiger partial charge < -0.3 is 19.9 Å². The molecule has 0 spiro atoms. The van der Waals surface area contributed by atoms with E-state index in [4.69, 9.17) is 27.6 Å². The third kappa shape index (κ3) is 3.99. The van der Waals surface area contributed by atoms with E-state index in [1.54, 1.807) is 25.1 Å². The molecule has 2 aromatic rings. The number of nitrogens with one attached hydrogen (secondary N) is 1. The van der Waals surface area contributed by atoms with Crippen molar-refractivity contribution in [1.29, 1.82) is 0 Å². The van der Waals surface area contributed by atoms with Gasteiger partial charge >= 0.3 is 0 Å². The maximum atomic E-state index is 9.23. The molecule has 0 fully saturated rings. The van der Waals surface area contributed by atoms with Gasteiger partial charge in [-0.3, -0.25) is 0 Å². The number of aliphatic hydroxyl groups excluding tert-OH is 2. The van der Waals surface area contributed by atoms with E-state index in [0.717, 1.165) is 5.56 Å². The van der Waals surface area contributed by atoms with E-state index < -0.39 is 5.54 Å². The molecule has 0 unspecified atom stereocenters. The van der Waals surface area contributed by atoms with Gasteiger partial charge in [-0.15, -0.1) is 0 Å². The summed E-state index contributed by atoms with van der Waals surface area (Å²) in [4.78, 5) is 0. The standard InChI is InChI=1S/C15H17Cl2NO3/c1-15(8-19,9-20)18-7-11-3-5-14(21-11)12-6-10(16)2-4-13(12)17/h2-6,18-20H,7-9H2,1H3. The van der Waals surface area contributed by atoms with Crippen LogP contribution in [0.4, 0.5) is 0 Å². The summed E-state index contributed by atoms with van der Waals surface area (Å²) in [7, 11) is 0. The van der Waals surface area contributed by atoms with E-state index in [1.165, 1.54) is 0 Å². The highest BCUT2D eigenvalue weighted by molar-refractivity contribution is 6.35. The van der Waals surface area contributed by atoms with Gasteiger partial charge in [0.15, 0.2) is 0 Å². The van der Waals surface area contributed by atoms with Crippen LogP contribution in [0.3, 0.4) is 0 Å². The van der Waals surface area contributed by atoms with Gasteiger partial charge in [-0.05, 0) is 37.3 Å². The van der Waals surface area contributed by atoms with Crippen molar-refractivity contribution in [2.45, 2.75) is 19.0 Å². The van der Waals surface area contributed by atoms with Crippen LogP contribution in [0.1, 0.15) is 12.7 Å². The molecule has 4 nitrogen and oxygen atoms in total. The van der Waals surface area contributed by atoms with Crippen LogP contribution in [0.25, 0.3) is 11.3 Å². The lowest BCUT2D eigenvalue weighted by molar-refractivity contribution is 0.101. The molecule has 0 saturated heterocycles. The van der Waals surface area contributed by atoms with E-state index in [9.17, 15) is 10.2 Å². The fourth-order valence-electron chi connectivity index (χ4n) is 1.77. The van der Waals surface area contributed by atoms with Crippen molar-refractivity contribution in [3.8, 4) is 11.3 Å². The summed E-state index contributed by atoms with van der Waals surface area (Å²) in [6, 6.07) is 8.80. The highest BCUT2D eigenvalue weighted by Gasteiger charge is 2.21. The lowest BCUT2D eigenvalue weighted by Gasteiger charge is -2.25. The lowest BCUT2D eigenvalue weighted by atomic mass is 10.1. The third-order valence-corrected chi connectivity index (χ3v) is 3.81. The minimum absolute atomic E-state index is 0.169. The van der Waals surface area contributed by atoms with E-state index in [1.807, 2.05) is 12.1 Å². The Morgan fingerprint density at radius 1 is 1.14 bits per heavy atom. The molecule has 21 heavy (non-hydrogen) atoms. The number of hydrogen-bond acceptors (Lipinski definition) is 4. The SMILES string of the molecule is CC(CO)(CO)NCc1ccc(-c2cc(Cl)ccc2Cl)o1. The third-order valence-electron chi connectivity index (χ3n) is 3.24. The van der Waals surface area contributed by atoms with Gasteiger partial charge in [0.05, 0.1) is 30.3 Å². The normalized spacial score (nSPS) is 11.9. The molecule has 2 rings (SSSR count). The molecule has 0 amide bonds. The van der Waals surface area contributed by atoms with Crippen molar-refractivity contribution in [3.05, 3.63) is 46.1 Å². The molecule has 1 aromatic heterocycles. The second-order valence-corrected chi connectivity index (χ2v) is 5.96. The van der Waals surface area contributed by atoms with Crippen molar-refractivity contribution < 1.29 is 14.6 Å². The van der Waals surface area contributed by atoms with Gasteiger partial charge in [0.1, 0.15) is 11.5 Å². The molecule has 1 heterocycles. The average molecular weight is 330 g/mol. The summed E-state index contributed by atoms with van der Waals surface area (Å²) in [6.07, 6.45) is 0. The maximum Gasteiger partial charge on any atom is 0.135 e. The zero-order valence-electron chi connectivity index (χ0n) is 11.6. The Balaban J connectivity index is 2.13. The molecule has 0 saturated carbocycles. The van der Waals surface area contributed by atoms with Gasteiger partial charge in [0, 0.05) is 10.6 Å². The summed E-state index contributed by atoms with van der Waals surface area (Å²) in [5.74, 6) is 1.29. The molecule has 0 radical (unpaired) electrons. The Morgan fingerprint density at radius 3 is 2.52 bits per heavy atom. The van der Waals surface area contributed by atoms with Gasteiger partial charge in [-0.1, -0.05) is 23.2 Å². The summed E-state index contributed by atoms with van der Waals surface area (Å²) < 4.78 is 5.72. The Morgan fingerprint density at radius 2 is 1.86 bits per heavy atom. The van der Waals surface area contributed by atoms with Crippen LogP contribution in [0, 0.1) is 0 Å². The molecule has 1 aromatic carbocycles. The van der Waals surface area contributed by atoms with Gasteiger partial charge in [0.2, 0.25) is 0 Å². The second-order valence-electron chi connectivity index (χ2n) is 5.12. The fourth-order valence-corrected chi connectivity index (χ4v) is 2.15. The number of furan rings is 1. The number of halogens is 2. The predicted octanol–water partition coefficient (Wildman–Crippen LogP) is 3.09. The van der Waals surface area contributed by atoms with Crippen LogP contribution in [0.5, 0.6) is 0 Å². The molecule has 0 aliphatic rings. The van der Waals surface area contributed by atoms with Crippen molar-refractivity contribution in [3.63, 3.8) is 0 Å². The average Bonchev–Trinajstić information content (AvgIpc) is 2.96. The molecule has 0 aliphatic heterocycles. The number of benzene rings is 1. The van der Waals surface area contributed by atoms with E-state index in [2.05, 4.69) is 5.32 Å². The number of aliphatic hydroxyl groups is 2. The zero-order valence-corrected chi connectivity index (χ0v) is 13.1. The minimum Gasteiger partial charge on any atom is -0.460 e. The Kier molecular flexibility index (Phi) is 5.30. The molecule has 6 heteroatoms. The van der Waals surface area contributed by atoms with Crippen LogP contribution in [0.2, 0.25) is 10.0 Å². The molecular weight excluding hydrogens is 313 g/mol. The van der Waals surface area contributed by atoms with Crippen LogP contribution >= 0.6 is 23.2 Å². The lowest BCUT2D eigenvalue weighted by Crippen LogP contribution is -2.48. The van der Waals surface area contributed by atoms with E-state index >= 15 is 0 Å². The van der Waals surface area contributed by atoms with Crippen molar-refractivity contribution >= 4 is 23.2 Å². The minimum atomic E-state index is -0.749. The molecule has 114 valence electrons. The largest absolute Gasteiger partial charge is 0.460 e. The maximum absolute atomic E-state index is 9.23. The first-order chi connectivity index (χ1) is 9.97. The second kappa shape index (κ2) is 6.81. The molecule has 0 atom stereocenters. The van der Waals surface area contributed by atoms with Gasteiger partial charge in [0.25, 0.3) is 0 Å². The molecule has 0 bridgehead atoms. The van der Waals surface area contributed by atoms with Crippen molar-refractivity contribution in [2.75, 3.05) is 13.2 Å². The smallest absolute Gasteiger partial charge is 0.135 e. The van der Waals surface area contributed by atoms with Crippen LogP contribution < -0.4 is 5.32 Å². The monoisotopic (exact) mass is 329 g/mol. The molecule has 3 N–H and O–H groups in total. The Bertz CT molecular complexity index is 609. The van der Waals surface area contributed by atoms with Crippen LogP contribution in [-0.2, 0) is 6.54 Å². The van der Waals surface area contributed by atoms with Crippen LogP contribution in [0.15, 0.2) is 34.7 Å². The van der Waals surface area contributed by atoms with Crippen molar-refractivity contribution in [1.82, 2.24) is 5.32 Å². The first kappa shape index (κ1) is 16.3. The number of rotatable bonds is 6. The first-order valence-corrected chi connectivity index (χ1v) is 7.24. The highest BCUT2D eigenvalue weighted by Crippen LogP contribution is 2.31.